The van der Waals surface area contributed by atoms with E-state index in [0.29, 0.717) is 12.3 Å². The van der Waals surface area contributed by atoms with Gasteiger partial charge in [-0.15, -0.1) is 0 Å². The average Bonchev–Trinajstić information content (AvgIpc) is 2.91. The summed E-state index contributed by atoms with van der Waals surface area (Å²) in [6.07, 6.45) is 4.97. The zero-order valence-electron chi connectivity index (χ0n) is 11.1. The monoisotopic (exact) mass is 326 g/mol. The summed E-state index contributed by atoms with van der Waals surface area (Å²) in [5.41, 5.74) is 1.01. The van der Waals surface area contributed by atoms with Crippen molar-refractivity contribution in [1.29, 1.82) is 0 Å². The second kappa shape index (κ2) is 6.42. The van der Waals surface area contributed by atoms with Crippen molar-refractivity contribution < 1.29 is 14.6 Å². The fourth-order valence-electron chi connectivity index (χ4n) is 2.89. The molecule has 1 aromatic rings. The molecule has 1 aliphatic carbocycles. The zero-order chi connectivity index (χ0) is 13.8. The molecule has 1 unspecified atom stereocenters. The van der Waals surface area contributed by atoms with Crippen LogP contribution in [0.4, 0.5) is 0 Å². The van der Waals surface area contributed by atoms with E-state index in [9.17, 15) is 9.90 Å². The molecule has 0 saturated heterocycles. The molecule has 1 aromatic carbocycles. The van der Waals surface area contributed by atoms with Gasteiger partial charge in [-0.3, -0.25) is 4.79 Å². The molecule has 3 nitrogen and oxygen atoms in total. The van der Waals surface area contributed by atoms with Gasteiger partial charge in [0.05, 0.1) is 13.0 Å². The number of carboxylic acid groups (broad SMARTS) is 1. The van der Waals surface area contributed by atoms with E-state index in [1.54, 1.807) is 7.11 Å². The maximum atomic E-state index is 11.5. The molecule has 0 radical (unpaired) electrons. The number of aliphatic carboxylic acids is 1. The van der Waals surface area contributed by atoms with E-state index in [1.807, 2.05) is 18.2 Å². The van der Waals surface area contributed by atoms with E-state index in [4.69, 9.17) is 4.74 Å². The Morgan fingerprint density at radius 3 is 2.74 bits per heavy atom. The van der Waals surface area contributed by atoms with E-state index in [0.717, 1.165) is 41.5 Å². The molecule has 0 aromatic heterocycles. The number of hydrogen-bond donors (Lipinski definition) is 1. The first kappa shape index (κ1) is 14.4. The topological polar surface area (TPSA) is 46.5 Å². The third-order valence-electron chi connectivity index (χ3n) is 3.98. The van der Waals surface area contributed by atoms with Crippen molar-refractivity contribution >= 4 is 21.9 Å². The Morgan fingerprint density at radius 2 is 2.16 bits per heavy atom. The lowest BCUT2D eigenvalue weighted by molar-refractivity contribution is -0.143. The summed E-state index contributed by atoms with van der Waals surface area (Å²) in [7, 11) is 1.62. The second-order valence-corrected chi connectivity index (χ2v) is 6.01. The van der Waals surface area contributed by atoms with Crippen LogP contribution in [0.25, 0.3) is 0 Å². The van der Waals surface area contributed by atoms with Crippen LogP contribution in [0.2, 0.25) is 0 Å². The number of ether oxygens (including phenoxy) is 1. The Morgan fingerprint density at radius 1 is 1.47 bits per heavy atom. The highest BCUT2D eigenvalue weighted by molar-refractivity contribution is 9.10. The summed E-state index contributed by atoms with van der Waals surface area (Å²) >= 11 is 3.50. The molecule has 19 heavy (non-hydrogen) atoms. The third kappa shape index (κ3) is 3.50. The fraction of sp³-hybridized carbons (Fsp3) is 0.533. The van der Waals surface area contributed by atoms with Crippen LogP contribution < -0.4 is 4.74 Å². The fourth-order valence-corrected chi connectivity index (χ4v) is 3.30. The molecule has 0 bridgehead atoms. The van der Waals surface area contributed by atoms with Crippen LogP contribution in [0.15, 0.2) is 22.7 Å². The van der Waals surface area contributed by atoms with Gasteiger partial charge in [0, 0.05) is 4.47 Å². The molecular formula is C15H19BrO3. The van der Waals surface area contributed by atoms with Crippen LogP contribution in [0, 0.1) is 11.8 Å². The van der Waals surface area contributed by atoms with Crippen molar-refractivity contribution in [3.63, 3.8) is 0 Å². The Hall–Kier alpha value is -1.03. The van der Waals surface area contributed by atoms with Crippen LogP contribution in [0.3, 0.4) is 0 Å². The summed E-state index contributed by atoms with van der Waals surface area (Å²) < 4.78 is 6.17. The number of benzene rings is 1. The van der Waals surface area contributed by atoms with Crippen LogP contribution in [-0.2, 0) is 11.2 Å². The van der Waals surface area contributed by atoms with Gasteiger partial charge in [0.25, 0.3) is 0 Å². The highest BCUT2D eigenvalue weighted by Gasteiger charge is 2.31. The Balaban J connectivity index is 2.18. The summed E-state index contributed by atoms with van der Waals surface area (Å²) in [6, 6.07) is 5.72. The number of methoxy groups -OCH3 is 1. The van der Waals surface area contributed by atoms with Crippen LogP contribution >= 0.6 is 15.9 Å². The lowest BCUT2D eigenvalue weighted by atomic mass is 9.85. The van der Waals surface area contributed by atoms with E-state index in [2.05, 4.69) is 15.9 Å². The lowest BCUT2D eigenvalue weighted by Crippen LogP contribution is -2.24. The van der Waals surface area contributed by atoms with Crippen molar-refractivity contribution in [3.05, 3.63) is 28.2 Å². The van der Waals surface area contributed by atoms with E-state index < -0.39 is 5.97 Å². The lowest BCUT2D eigenvalue weighted by Gasteiger charge is -2.20. The number of rotatable bonds is 5. The minimum atomic E-state index is -0.679. The number of carboxylic acids is 1. The van der Waals surface area contributed by atoms with Gasteiger partial charge in [-0.1, -0.05) is 28.8 Å². The van der Waals surface area contributed by atoms with Gasteiger partial charge in [-0.25, -0.2) is 0 Å². The quantitative estimate of drug-likeness (QED) is 0.892. The first-order valence-corrected chi connectivity index (χ1v) is 7.46. The number of halogens is 1. The highest BCUT2D eigenvalue weighted by Crippen LogP contribution is 2.35. The predicted octanol–water partition coefficient (Wildman–Crippen LogP) is 3.89. The molecule has 0 spiro atoms. The highest BCUT2D eigenvalue weighted by atomic mass is 79.9. The summed E-state index contributed by atoms with van der Waals surface area (Å²) in [5, 5.41) is 9.47. The SMILES string of the molecule is COc1ccc(Br)c(CC(C(=O)O)C2CCCC2)c1. The van der Waals surface area contributed by atoms with E-state index in [1.165, 1.54) is 0 Å². The minimum Gasteiger partial charge on any atom is -0.497 e. The molecule has 4 heteroatoms. The van der Waals surface area contributed by atoms with Gasteiger partial charge in [-0.2, -0.15) is 0 Å². The van der Waals surface area contributed by atoms with Gasteiger partial charge in [0.15, 0.2) is 0 Å². The van der Waals surface area contributed by atoms with Gasteiger partial charge in [-0.05, 0) is 48.9 Å². The Bertz CT molecular complexity index is 453. The van der Waals surface area contributed by atoms with Crippen molar-refractivity contribution in [2.45, 2.75) is 32.1 Å². The molecular weight excluding hydrogens is 308 g/mol. The van der Waals surface area contributed by atoms with Gasteiger partial charge in [0.1, 0.15) is 5.75 Å². The smallest absolute Gasteiger partial charge is 0.307 e. The maximum absolute atomic E-state index is 11.5. The van der Waals surface area contributed by atoms with Gasteiger partial charge < -0.3 is 9.84 Å². The molecule has 1 N–H and O–H groups in total. The van der Waals surface area contributed by atoms with Crippen molar-refractivity contribution in [3.8, 4) is 5.75 Å². The van der Waals surface area contributed by atoms with E-state index >= 15 is 0 Å². The average molecular weight is 327 g/mol. The zero-order valence-corrected chi connectivity index (χ0v) is 12.6. The van der Waals surface area contributed by atoms with Crippen LogP contribution in [0.1, 0.15) is 31.2 Å². The predicted molar refractivity (Wildman–Crippen MR) is 77.5 cm³/mol. The van der Waals surface area contributed by atoms with Crippen molar-refractivity contribution in [2.75, 3.05) is 7.11 Å². The molecule has 1 saturated carbocycles. The normalized spacial score (nSPS) is 17.4. The van der Waals surface area contributed by atoms with Gasteiger partial charge in [0.2, 0.25) is 0 Å². The minimum absolute atomic E-state index is 0.286. The van der Waals surface area contributed by atoms with E-state index in [-0.39, 0.29) is 5.92 Å². The first-order valence-electron chi connectivity index (χ1n) is 6.67. The largest absolute Gasteiger partial charge is 0.497 e. The molecule has 2 rings (SSSR count). The molecule has 0 amide bonds. The molecule has 1 aliphatic rings. The summed E-state index contributed by atoms with van der Waals surface area (Å²) in [4.78, 5) is 11.5. The number of hydrogen-bond acceptors (Lipinski definition) is 2. The molecule has 0 aliphatic heterocycles. The van der Waals surface area contributed by atoms with Crippen molar-refractivity contribution in [1.82, 2.24) is 0 Å². The third-order valence-corrected chi connectivity index (χ3v) is 4.75. The molecule has 104 valence electrons. The Labute approximate surface area is 122 Å². The summed E-state index contributed by atoms with van der Waals surface area (Å²) in [6.45, 7) is 0. The van der Waals surface area contributed by atoms with Crippen molar-refractivity contribution in [2.24, 2.45) is 11.8 Å². The molecule has 1 atom stereocenters. The first-order chi connectivity index (χ1) is 9.11. The molecule has 0 heterocycles. The van der Waals surface area contributed by atoms with Gasteiger partial charge >= 0.3 is 5.97 Å². The number of carbonyl (C=O) groups is 1. The van der Waals surface area contributed by atoms with Crippen LogP contribution in [-0.4, -0.2) is 18.2 Å². The molecule has 1 fully saturated rings. The maximum Gasteiger partial charge on any atom is 0.307 e. The second-order valence-electron chi connectivity index (χ2n) is 5.15. The van der Waals surface area contributed by atoms with Crippen LogP contribution in [0.5, 0.6) is 5.75 Å². The summed E-state index contributed by atoms with van der Waals surface area (Å²) in [5.74, 6) is 0.122. The standard InChI is InChI=1S/C15H19BrO3/c1-19-12-6-7-14(16)11(8-12)9-13(15(17)18)10-4-2-3-5-10/h6-8,10,13H,2-5,9H2,1H3,(H,17,18). The Kier molecular flexibility index (Phi) is 4.86.